The molecular formula is C26H26N2O5. The van der Waals surface area contributed by atoms with E-state index in [-0.39, 0.29) is 31.8 Å². The molecule has 1 aliphatic heterocycles. The quantitative estimate of drug-likeness (QED) is 0.498. The Bertz CT molecular complexity index is 1090. The van der Waals surface area contributed by atoms with Crippen molar-refractivity contribution in [2.45, 2.75) is 19.5 Å². The Kier molecular flexibility index (Phi) is 7.22. The molecule has 7 nitrogen and oxygen atoms in total. The van der Waals surface area contributed by atoms with E-state index in [0.717, 1.165) is 11.1 Å². The van der Waals surface area contributed by atoms with Gasteiger partial charge >= 0.3 is 5.97 Å². The van der Waals surface area contributed by atoms with Crippen molar-refractivity contribution < 1.29 is 23.8 Å². The maximum atomic E-state index is 13.6. The van der Waals surface area contributed by atoms with Crippen molar-refractivity contribution in [3.05, 3.63) is 90.0 Å². The molecule has 0 unspecified atom stereocenters. The van der Waals surface area contributed by atoms with Crippen LogP contribution in [-0.4, -0.2) is 36.7 Å². The number of amides is 1. The van der Waals surface area contributed by atoms with Crippen molar-refractivity contribution in [1.82, 2.24) is 4.90 Å². The number of nitrogens with one attached hydrogen (secondary N) is 1. The summed E-state index contributed by atoms with van der Waals surface area (Å²) >= 11 is 0. The SMILES string of the molecule is CCOC(=O)CN(Cc1ccccc1)[C@@H](C(=O)Nc1ccc2c(c1)OCO2)c1ccccc1. The molecule has 3 aromatic rings. The standard InChI is InChI=1S/C26H26N2O5/c1-2-31-24(29)17-28(16-19-9-5-3-6-10-19)25(20-11-7-4-8-12-20)26(30)27-21-13-14-22-23(15-21)33-18-32-22/h3-15,25H,2,16-18H2,1H3,(H,27,30)/t25-/m1/s1. The van der Waals surface area contributed by atoms with E-state index in [9.17, 15) is 9.59 Å². The molecule has 0 fully saturated rings. The van der Waals surface area contributed by atoms with Gasteiger partial charge in [0.25, 0.3) is 0 Å². The third-order valence-corrected chi connectivity index (χ3v) is 5.23. The summed E-state index contributed by atoms with van der Waals surface area (Å²) in [5.41, 5.74) is 2.34. The first kappa shape index (κ1) is 22.4. The molecule has 1 atom stereocenters. The van der Waals surface area contributed by atoms with E-state index in [1.54, 1.807) is 25.1 Å². The molecule has 1 N–H and O–H groups in total. The highest BCUT2D eigenvalue weighted by atomic mass is 16.7. The normalized spacial score (nSPS) is 12.9. The molecule has 1 aliphatic rings. The minimum absolute atomic E-state index is 0.0309. The lowest BCUT2D eigenvalue weighted by Crippen LogP contribution is -2.40. The van der Waals surface area contributed by atoms with Crippen LogP contribution in [0.5, 0.6) is 11.5 Å². The van der Waals surface area contributed by atoms with E-state index in [4.69, 9.17) is 14.2 Å². The number of nitrogens with zero attached hydrogens (tertiary/aromatic N) is 1. The topological polar surface area (TPSA) is 77.1 Å². The van der Waals surface area contributed by atoms with Gasteiger partial charge in [0.1, 0.15) is 6.04 Å². The van der Waals surface area contributed by atoms with Gasteiger partial charge in [-0.25, -0.2) is 0 Å². The number of ether oxygens (including phenoxy) is 3. The van der Waals surface area contributed by atoms with Crippen molar-refractivity contribution in [3.63, 3.8) is 0 Å². The first-order valence-electron chi connectivity index (χ1n) is 10.8. The fraction of sp³-hybridized carbons (Fsp3) is 0.231. The van der Waals surface area contributed by atoms with Gasteiger partial charge < -0.3 is 19.5 Å². The van der Waals surface area contributed by atoms with Gasteiger partial charge in [-0.15, -0.1) is 0 Å². The van der Waals surface area contributed by atoms with Crippen molar-refractivity contribution >= 4 is 17.6 Å². The van der Waals surface area contributed by atoms with Crippen molar-refractivity contribution in [2.24, 2.45) is 0 Å². The van der Waals surface area contributed by atoms with E-state index in [2.05, 4.69) is 5.32 Å². The third kappa shape index (κ3) is 5.70. The van der Waals surface area contributed by atoms with Gasteiger partial charge in [-0.3, -0.25) is 14.5 Å². The van der Waals surface area contributed by atoms with E-state index in [1.807, 2.05) is 65.6 Å². The summed E-state index contributed by atoms with van der Waals surface area (Å²) in [6.45, 7) is 2.56. The lowest BCUT2D eigenvalue weighted by molar-refractivity contribution is -0.145. The molecule has 0 aromatic heterocycles. The number of carbonyl (C=O) groups is 2. The van der Waals surface area contributed by atoms with Gasteiger partial charge in [0.15, 0.2) is 11.5 Å². The second kappa shape index (κ2) is 10.7. The molecule has 0 aliphatic carbocycles. The van der Waals surface area contributed by atoms with Crippen LogP contribution in [0, 0.1) is 0 Å². The number of esters is 1. The third-order valence-electron chi connectivity index (χ3n) is 5.23. The zero-order valence-electron chi connectivity index (χ0n) is 18.4. The van der Waals surface area contributed by atoms with Gasteiger partial charge in [0, 0.05) is 18.3 Å². The Labute approximate surface area is 192 Å². The average Bonchev–Trinajstić information content (AvgIpc) is 3.29. The Morgan fingerprint density at radius 2 is 1.67 bits per heavy atom. The van der Waals surface area contributed by atoms with Gasteiger partial charge in [-0.1, -0.05) is 60.7 Å². The zero-order chi connectivity index (χ0) is 23.0. The van der Waals surface area contributed by atoms with Crippen LogP contribution in [0.3, 0.4) is 0 Å². The smallest absolute Gasteiger partial charge is 0.320 e. The minimum atomic E-state index is -0.721. The highest BCUT2D eigenvalue weighted by Crippen LogP contribution is 2.35. The summed E-state index contributed by atoms with van der Waals surface area (Å²) in [5, 5.41) is 2.97. The minimum Gasteiger partial charge on any atom is -0.465 e. The second-order valence-electron chi connectivity index (χ2n) is 7.57. The molecule has 7 heteroatoms. The Hall–Kier alpha value is -3.84. The molecule has 1 amide bonds. The molecule has 170 valence electrons. The highest BCUT2D eigenvalue weighted by molar-refractivity contribution is 5.96. The van der Waals surface area contributed by atoms with Crippen LogP contribution in [0.4, 0.5) is 5.69 Å². The first-order chi connectivity index (χ1) is 16.1. The fourth-order valence-corrected chi connectivity index (χ4v) is 3.78. The van der Waals surface area contributed by atoms with Crippen LogP contribution in [0.1, 0.15) is 24.1 Å². The molecule has 0 spiro atoms. The number of hydrogen-bond donors (Lipinski definition) is 1. The van der Waals surface area contributed by atoms with E-state index >= 15 is 0 Å². The summed E-state index contributed by atoms with van der Waals surface area (Å²) in [7, 11) is 0. The second-order valence-corrected chi connectivity index (χ2v) is 7.57. The van der Waals surface area contributed by atoms with Crippen LogP contribution in [-0.2, 0) is 20.9 Å². The number of rotatable bonds is 9. The predicted octanol–water partition coefficient (Wildman–Crippen LogP) is 4.16. The Morgan fingerprint density at radius 1 is 0.970 bits per heavy atom. The monoisotopic (exact) mass is 446 g/mol. The molecular weight excluding hydrogens is 420 g/mol. The summed E-state index contributed by atoms with van der Waals surface area (Å²) in [6.07, 6.45) is 0. The fourth-order valence-electron chi connectivity index (χ4n) is 3.78. The lowest BCUT2D eigenvalue weighted by Gasteiger charge is -2.30. The molecule has 0 radical (unpaired) electrons. The van der Waals surface area contributed by atoms with E-state index < -0.39 is 6.04 Å². The highest BCUT2D eigenvalue weighted by Gasteiger charge is 2.30. The van der Waals surface area contributed by atoms with E-state index in [1.165, 1.54) is 0 Å². The predicted molar refractivity (Wildman–Crippen MR) is 124 cm³/mol. The number of fused-ring (bicyclic) bond motifs is 1. The van der Waals surface area contributed by atoms with Gasteiger partial charge in [-0.05, 0) is 30.2 Å². The number of anilines is 1. The van der Waals surface area contributed by atoms with Crippen molar-refractivity contribution in [2.75, 3.05) is 25.3 Å². The van der Waals surface area contributed by atoms with Gasteiger partial charge in [-0.2, -0.15) is 0 Å². The van der Waals surface area contributed by atoms with Crippen LogP contribution < -0.4 is 14.8 Å². The number of carbonyl (C=O) groups excluding carboxylic acids is 2. The summed E-state index contributed by atoms with van der Waals surface area (Å²) in [4.78, 5) is 27.9. The largest absolute Gasteiger partial charge is 0.465 e. The first-order valence-corrected chi connectivity index (χ1v) is 10.8. The van der Waals surface area contributed by atoms with Crippen molar-refractivity contribution in [1.29, 1.82) is 0 Å². The van der Waals surface area contributed by atoms with Crippen LogP contribution in [0.25, 0.3) is 0 Å². The maximum absolute atomic E-state index is 13.6. The molecule has 0 bridgehead atoms. The molecule has 33 heavy (non-hydrogen) atoms. The maximum Gasteiger partial charge on any atom is 0.320 e. The van der Waals surface area contributed by atoms with E-state index in [0.29, 0.717) is 23.7 Å². The zero-order valence-corrected chi connectivity index (χ0v) is 18.4. The summed E-state index contributed by atoms with van der Waals surface area (Å²) < 4.78 is 16.0. The van der Waals surface area contributed by atoms with Crippen LogP contribution in [0.15, 0.2) is 78.9 Å². The Balaban J connectivity index is 1.65. The summed E-state index contributed by atoms with van der Waals surface area (Å²) in [6, 6.07) is 23.7. The van der Waals surface area contributed by atoms with Crippen LogP contribution in [0.2, 0.25) is 0 Å². The molecule has 4 rings (SSSR count). The molecule has 0 saturated heterocycles. The lowest BCUT2D eigenvalue weighted by atomic mass is 10.0. The number of hydrogen-bond acceptors (Lipinski definition) is 6. The van der Waals surface area contributed by atoms with Gasteiger partial charge in [0.2, 0.25) is 12.7 Å². The Morgan fingerprint density at radius 3 is 2.39 bits per heavy atom. The van der Waals surface area contributed by atoms with Crippen LogP contribution >= 0.6 is 0 Å². The molecule has 0 saturated carbocycles. The number of benzene rings is 3. The average molecular weight is 447 g/mol. The molecule has 1 heterocycles. The van der Waals surface area contributed by atoms with Gasteiger partial charge in [0.05, 0.1) is 13.2 Å². The summed E-state index contributed by atoms with van der Waals surface area (Å²) in [5.74, 6) is 0.572. The van der Waals surface area contributed by atoms with Crippen molar-refractivity contribution in [3.8, 4) is 11.5 Å². The molecule has 3 aromatic carbocycles.